The molecule has 0 bridgehead atoms. The SMILES string of the molecule is COc1ccccc1CCNC(=O)c1coc(CN2CCOCC2)c1. The second-order valence-corrected chi connectivity index (χ2v) is 6.01. The molecule has 2 aromatic rings. The largest absolute Gasteiger partial charge is 0.496 e. The van der Waals surface area contributed by atoms with Gasteiger partial charge >= 0.3 is 0 Å². The highest BCUT2D eigenvalue weighted by atomic mass is 16.5. The van der Waals surface area contributed by atoms with Gasteiger partial charge in [0, 0.05) is 19.6 Å². The fourth-order valence-electron chi connectivity index (χ4n) is 2.88. The number of benzene rings is 1. The van der Waals surface area contributed by atoms with Crippen molar-refractivity contribution in [1.29, 1.82) is 0 Å². The lowest BCUT2D eigenvalue weighted by molar-refractivity contribution is 0.0313. The molecule has 0 saturated carbocycles. The van der Waals surface area contributed by atoms with E-state index in [0.717, 1.165) is 43.4 Å². The molecule has 1 saturated heterocycles. The molecule has 1 N–H and O–H groups in total. The summed E-state index contributed by atoms with van der Waals surface area (Å²) in [4.78, 5) is 14.5. The molecular formula is C19H24N2O4. The van der Waals surface area contributed by atoms with E-state index in [1.54, 1.807) is 7.11 Å². The highest BCUT2D eigenvalue weighted by Gasteiger charge is 2.15. The fraction of sp³-hybridized carbons (Fsp3) is 0.421. The Morgan fingerprint density at radius 3 is 2.88 bits per heavy atom. The van der Waals surface area contributed by atoms with Crippen LogP contribution in [0.3, 0.4) is 0 Å². The molecule has 1 amide bonds. The quantitative estimate of drug-likeness (QED) is 0.833. The van der Waals surface area contributed by atoms with E-state index in [-0.39, 0.29) is 5.91 Å². The molecule has 1 aliphatic heterocycles. The first-order chi connectivity index (χ1) is 12.3. The van der Waals surface area contributed by atoms with Crippen LogP contribution < -0.4 is 10.1 Å². The van der Waals surface area contributed by atoms with Gasteiger partial charge in [0.15, 0.2) is 0 Å². The molecule has 0 radical (unpaired) electrons. The number of hydrogen-bond acceptors (Lipinski definition) is 5. The first-order valence-electron chi connectivity index (χ1n) is 8.54. The van der Waals surface area contributed by atoms with Gasteiger partial charge in [0.25, 0.3) is 5.91 Å². The zero-order chi connectivity index (χ0) is 17.5. The van der Waals surface area contributed by atoms with E-state index in [1.807, 2.05) is 30.3 Å². The monoisotopic (exact) mass is 344 g/mol. The van der Waals surface area contributed by atoms with Crippen LogP contribution in [0, 0.1) is 0 Å². The smallest absolute Gasteiger partial charge is 0.254 e. The summed E-state index contributed by atoms with van der Waals surface area (Å²) in [6.45, 7) is 4.53. The Bertz CT molecular complexity index is 692. The number of para-hydroxylation sites is 1. The van der Waals surface area contributed by atoms with Gasteiger partial charge in [-0.3, -0.25) is 9.69 Å². The van der Waals surface area contributed by atoms with E-state index in [0.29, 0.717) is 25.1 Å². The summed E-state index contributed by atoms with van der Waals surface area (Å²) < 4.78 is 16.2. The maximum atomic E-state index is 12.3. The Hall–Kier alpha value is -2.31. The maximum Gasteiger partial charge on any atom is 0.254 e. The van der Waals surface area contributed by atoms with Crippen molar-refractivity contribution in [2.75, 3.05) is 40.0 Å². The number of nitrogens with one attached hydrogen (secondary N) is 1. The molecule has 0 atom stereocenters. The Morgan fingerprint density at radius 1 is 1.28 bits per heavy atom. The molecule has 2 heterocycles. The summed E-state index contributed by atoms with van der Waals surface area (Å²) in [6, 6.07) is 9.64. The number of ether oxygens (including phenoxy) is 2. The van der Waals surface area contributed by atoms with Gasteiger partial charge in [-0.1, -0.05) is 18.2 Å². The summed E-state index contributed by atoms with van der Waals surface area (Å²) in [5, 5.41) is 2.93. The van der Waals surface area contributed by atoms with Crippen molar-refractivity contribution in [2.24, 2.45) is 0 Å². The number of furan rings is 1. The van der Waals surface area contributed by atoms with Crippen LogP contribution in [-0.2, 0) is 17.7 Å². The van der Waals surface area contributed by atoms with Crippen molar-refractivity contribution in [2.45, 2.75) is 13.0 Å². The van der Waals surface area contributed by atoms with Gasteiger partial charge in [0.2, 0.25) is 0 Å². The molecule has 6 nitrogen and oxygen atoms in total. The lowest BCUT2D eigenvalue weighted by atomic mass is 10.1. The third-order valence-electron chi connectivity index (χ3n) is 4.27. The van der Waals surface area contributed by atoms with Gasteiger partial charge in [-0.2, -0.15) is 0 Å². The predicted molar refractivity (Wildman–Crippen MR) is 93.8 cm³/mol. The predicted octanol–water partition coefficient (Wildman–Crippen LogP) is 2.09. The van der Waals surface area contributed by atoms with Crippen LogP contribution in [0.4, 0.5) is 0 Å². The highest BCUT2D eigenvalue weighted by Crippen LogP contribution is 2.17. The highest BCUT2D eigenvalue weighted by molar-refractivity contribution is 5.93. The van der Waals surface area contributed by atoms with Crippen LogP contribution in [-0.4, -0.2) is 50.8 Å². The summed E-state index contributed by atoms with van der Waals surface area (Å²) in [5.74, 6) is 1.52. The first kappa shape index (κ1) is 17.5. The van der Waals surface area contributed by atoms with Gasteiger partial charge in [-0.05, 0) is 24.1 Å². The fourth-order valence-corrected chi connectivity index (χ4v) is 2.88. The van der Waals surface area contributed by atoms with Gasteiger partial charge in [-0.15, -0.1) is 0 Å². The third kappa shape index (κ3) is 4.84. The summed E-state index contributed by atoms with van der Waals surface area (Å²) in [5.41, 5.74) is 1.63. The number of carbonyl (C=O) groups is 1. The molecule has 3 rings (SSSR count). The Kier molecular flexibility index (Phi) is 6.09. The van der Waals surface area contributed by atoms with Gasteiger partial charge in [0.1, 0.15) is 17.8 Å². The molecule has 134 valence electrons. The Labute approximate surface area is 147 Å². The molecule has 1 aromatic heterocycles. The average molecular weight is 344 g/mol. The summed E-state index contributed by atoms with van der Waals surface area (Å²) >= 11 is 0. The Morgan fingerprint density at radius 2 is 2.08 bits per heavy atom. The van der Waals surface area contributed by atoms with E-state index in [4.69, 9.17) is 13.9 Å². The number of rotatable bonds is 7. The minimum Gasteiger partial charge on any atom is -0.496 e. The topological polar surface area (TPSA) is 63.9 Å². The molecule has 6 heteroatoms. The summed E-state index contributed by atoms with van der Waals surface area (Å²) in [7, 11) is 1.65. The van der Waals surface area contributed by atoms with Gasteiger partial charge in [0.05, 0.1) is 32.4 Å². The molecular weight excluding hydrogens is 320 g/mol. The van der Waals surface area contributed by atoms with E-state index in [2.05, 4.69) is 10.2 Å². The second-order valence-electron chi connectivity index (χ2n) is 6.01. The normalized spacial score (nSPS) is 15.1. The molecule has 1 aromatic carbocycles. The molecule has 1 aliphatic rings. The van der Waals surface area contributed by atoms with E-state index in [1.165, 1.54) is 6.26 Å². The maximum absolute atomic E-state index is 12.3. The van der Waals surface area contributed by atoms with E-state index in [9.17, 15) is 4.79 Å². The van der Waals surface area contributed by atoms with Crippen molar-refractivity contribution >= 4 is 5.91 Å². The van der Waals surface area contributed by atoms with Crippen LogP contribution in [0.2, 0.25) is 0 Å². The number of amides is 1. The second kappa shape index (κ2) is 8.69. The molecule has 0 aliphatic carbocycles. The lowest BCUT2D eigenvalue weighted by Crippen LogP contribution is -2.35. The van der Waals surface area contributed by atoms with Gasteiger partial charge < -0.3 is 19.2 Å². The van der Waals surface area contributed by atoms with Crippen LogP contribution in [0.5, 0.6) is 5.75 Å². The molecule has 0 spiro atoms. The average Bonchev–Trinajstić information content (AvgIpc) is 3.11. The minimum atomic E-state index is -0.119. The van der Waals surface area contributed by atoms with Gasteiger partial charge in [-0.25, -0.2) is 0 Å². The minimum absolute atomic E-state index is 0.119. The Balaban J connectivity index is 1.48. The first-order valence-corrected chi connectivity index (χ1v) is 8.54. The van der Waals surface area contributed by atoms with Crippen molar-refractivity contribution in [3.05, 3.63) is 53.5 Å². The zero-order valence-corrected chi connectivity index (χ0v) is 14.5. The van der Waals surface area contributed by atoms with E-state index < -0.39 is 0 Å². The van der Waals surface area contributed by atoms with Crippen LogP contribution in [0.1, 0.15) is 21.7 Å². The van der Waals surface area contributed by atoms with Crippen molar-refractivity contribution < 1.29 is 18.7 Å². The zero-order valence-electron chi connectivity index (χ0n) is 14.5. The summed E-state index contributed by atoms with van der Waals surface area (Å²) in [6.07, 6.45) is 2.24. The molecule has 1 fully saturated rings. The van der Waals surface area contributed by atoms with Crippen LogP contribution in [0.25, 0.3) is 0 Å². The van der Waals surface area contributed by atoms with Crippen molar-refractivity contribution in [1.82, 2.24) is 10.2 Å². The van der Waals surface area contributed by atoms with Crippen LogP contribution in [0.15, 0.2) is 41.0 Å². The van der Waals surface area contributed by atoms with E-state index >= 15 is 0 Å². The molecule has 0 unspecified atom stereocenters. The third-order valence-corrected chi connectivity index (χ3v) is 4.27. The number of hydrogen-bond donors (Lipinski definition) is 1. The van der Waals surface area contributed by atoms with Crippen molar-refractivity contribution in [3.8, 4) is 5.75 Å². The van der Waals surface area contributed by atoms with Crippen molar-refractivity contribution in [3.63, 3.8) is 0 Å². The lowest BCUT2D eigenvalue weighted by Gasteiger charge is -2.25. The molecule has 25 heavy (non-hydrogen) atoms. The van der Waals surface area contributed by atoms with Crippen LogP contribution >= 0.6 is 0 Å². The standard InChI is InChI=1S/C19H24N2O4/c1-23-18-5-3-2-4-15(18)6-7-20-19(22)16-12-17(25-14-16)13-21-8-10-24-11-9-21/h2-5,12,14H,6-11,13H2,1H3,(H,20,22). The number of methoxy groups -OCH3 is 1. The number of morpholine rings is 1. The number of carbonyl (C=O) groups excluding carboxylic acids is 1. The number of nitrogens with zero attached hydrogens (tertiary/aromatic N) is 1.